The van der Waals surface area contributed by atoms with E-state index in [4.69, 9.17) is 9.84 Å². The van der Waals surface area contributed by atoms with E-state index in [9.17, 15) is 14.4 Å². The zero-order valence-corrected chi connectivity index (χ0v) is 19.3. The number of carboxylic acids is 1. The molecule has 0 fully saturated rings. The van der Waals surface area contributed by atoms with Gasteiger partial charge in [-0.3, -0.25) is 9.59 Å². The number of benzene rings is 2. The Morgan fingerprint density at radius 1 is 1.06 bits per heavy atom. The van der Waals surface area contributed by atoms with E-state index in [1.54, 1.807) is 0 Å². The molecule has 0 bridgehead atoms. The Morgan fingerprint density at radius 2 is 1.71 bits per heavy atom. The Balaban J connectivity index is 1.41. The molecule has 2 unspecified atom stereocenters. The highest BCUT2D eigenvalue weighted by molar-refractivity contribution is 5.87. The highest BCUT2D eigenvalue weighted by atomic mass is 16.5. The van der Waals surface area contributed by atoms with Gasteiger partial charge in [0.1, 0.15) is 12.6 Å². The lowest BCUT2D eigenvalue weighted by Gasteiger charge is -2.33. The molecule has 0 aliphatic heterocycles. The summed E-state index contributed by atoms with van der Waals surface area (Å²) in [6, 6.07) is 15.1. The van der Waals surface area contributed by atoms with Gasteiger partial charge in [0.25, 0.3) is 0 Å². The summed E-state index contributed by atoms with van der Waals surface area (Å²) in [7, 11) is 0. The molecule has 2 aliphatic rings. The van der Waals surface area contributed by atoms with Gasteiger partial charge in [-0.1, -0.05) is 60.7 Å². The highest BCUT2D eigenvalue weighted by Gasteiger charge is 2.32. The molecule has 7 heteroatoms. The van der Waals surface area contributed by atoms with Crippen LogP contribution in [0.25, 0.3) is 11.1 Å². The van der Waals surface area contributed by atoms with Crippen LogP contribution in [0.1, 0.15) is 56.1 Å². The molecule has 2 aromatic carbocycles. The monoisotopic (exact) mass is 462 g/mol. The number of rotatable bonds is 8. The first kappa shape index (κ1) is 23.5. The van der Waals surface area contributed by atoms with Crippen LogP contribution in [0.5, 0.6) is 0 Å². The first-order valence-corrected chi connectivity index (χ1v) is 11.7. The van der Waals surface area contributed by atoms with Crippen LogP contribution >= 0.6 is 0 Å². The van der Waals surface area contributed by atoms with E-state index in [0.717, 1.165) is 35.1 Å². The van der Waals surface area contributed by atoms with Crippen LogP contribution in [-0.4, -0.2) is 41.3 Å². The maximum absolute atomic E-state index is 13.0. The number of carboxylic acid groups (broad SMARTS) is 1. The Labute approximate surface area is 199 Å². The van der Waals surface area contributed by atoms with Crippen molar-refractivity contribution in [3.05, 3.63) is 71.8 Å². The molecule has 2 amide bonds. The van der Waals surface area contributed by atoms with Crippen LogP contribution < -0.4 is 10.6 Å². The minimum atomic E-state index is -1.03. The van der Waals surface area contributed by atoms with Crippen molar-refractivity contribution >= 4 is 18.0 Å². The van der Waals surface area contributed by atoms with Gasteiger partial charge < -0.3 is 20.5 Å². The number of hydrogen-bond acceptors (Lipinski definition) is 4. The van der Waals surface area contributed by atoms with E-state index >= 15 is 0 Å². The van der Waals surface area contributed by atoms with Gasteiger partial charge in [0.15, 0.2) is 0 Å². The fraction of sp³-hybridized carbons (Fsp3) is 0.370. The predicted octanol–water partition coefficient (Wildman–Crippen LogP) is 4.37. The van der Waals surface area contributed by atoms with E-state index in [1.165, 1.54) is 0 Å². The van der Waals surface area contributed by atoms with E-state index in [-0.39, 0.29) is 25.4 Å². The highest BCUT2D eigenvalue weighted by Crippen LogP contribution is 2.44. The summed E-state index contributed by atoms with van der Waals surface area (Å²) >= 11 is 0. The maximum Gasteiger partial charge on any atom is 0.407 e. The van der Waals surface area contributed by atoms with Gasteiger partial charge in [-0.25, -0.2) is 4.79 Å². The normalized spacial score (nSPS) is 19.6. The van der Waals surface area contributed by atoms with Crippen LogP contribution in [0.15, 0.2) is 60.7 Å². The number of hydrogen-bond donors (Lipinski definition) is 3. The molecule has 7 nitrogen and oxygen atoms in total. The first-order chi connectivity index (χ1) is 16.4. The van der Waals surface area contributed by atoms with Gasteiger partial charge in [0, 0.05) is 17.9 Å². The molecule has 34 heavy (non-hydrogen) atoms. The summed E-state index contributed by atoms with van der Waals surface area (Å²) in [5.74, 6) is -1.52. The molecule has 3 N–H and O–H groups in total. The van der Waals surface area contributed by atoms with Gasteiger partial charge >= 0.3 is 12.1 Å². The molecule has 0 spiro atoms. The smallest absolute Gasteiger partial charge is 0.407 e. The van der Waals surface area contributed by atoms with Crippen LogP contribution in [0.4, 0.5) is 4.79 Å². The number of fused-ring (bicyclic) bond motifs is 3. The van der Waals surface area contributed by atoms with Crippen molar-refractivity contribution in [1.29, 1.82) is 0 Å². The third-order valence-corrected chi connectivity index (χ3v) is 6.62. The minimum Gasteiger partial charge on any atom is -0.481 e. The fourth-order valence-electron chi connectivity index (χ4n) is 4.78. The number of amides is 2. The number of carbonyl (C=O) groups is 3. The maximum atomic E-state index is 13.0. The van der Waals surface area contributed by atoms with Crippen molar-refractivity contribution < 1.29 is 24.2 Å². The summed E-state index contributed by atoms with van der Waals surface area (Å²) in [5.41, 5.74) is 4.02. The standard InChI is InChI=1S/C27H30N2O5/c1-27(15-7-2-8-16-27)29-25(32)23(13-14-24(30)31)28-26(33)34-17-22-20-11-5-3-9-18(20)19-10-4-6-12-21(19)22/h2-7,9-12,22-23H,8,13-17H2,1H3,(H,28,33)(H,29,32)(H,30,31). The minimum absolute atomic E-state index is 0.0166. The second kappa shape index (κ2) is 10.1. The lowest BCUT2D eigenvalue weighted by molar-refractivity contribution is -0.137. The number of ether oxygens (including phenoxy) is 1. The molecule has 0 saturated heterocycles. The lowest BCUT2D eigenvalue weighted by Crippen LogP contribution is -2.54. The molecular weight excluding hydrogens is 432 g/mol. The zero-order valence-electron chi connectivity index (χ0n) is 19.3. The fourth-order valence-corrected chi connectivity index (χ4v) is 4.78. The van der Waals surface area contributed by atoms with Gasteiger partial charge in [-0.05, 0) is 54.9 Å². The molecule has 0 radical (unpaired) electrons. The van der Waals surface area contributed by atoms with Crippen LogP contribution in [0.2, 0.25) is 0 Å². The molecule has 0 heterocycles. The van der Waals surface area contributed by atoms with Crippen molar-refractivity contribution in [2.75, 3.05) is 6.61 Å². The van der Waals surface area contributed by atoms with Crippen LogP contribution in [-0.2, 0) is 14.3 Å². The molecule has 2 atom stereocenters. The third kappa shape index (κ3) is 5.30. The second-order valence-electron chi connectivity index (χ2n) is 9.22. The summed E-state index contributed by atoms with van der Waals surface area (Å²) in [5, 5.41) is 14.7. The van der Waals surface area contributed by atoms with Gasteiger partial charge in [0.2, 0.25) is 5.91 Å². The quantitative estimate of drug-likeness (QED) is 0.505. The number of nitrogens with one attached hydrogen (secondary N) is 2. The van der Waals surface area contributed by atoms with E-state index in [2.05, 4.69) is 28.8 Å². The number of carbonyl (C=O) groups excluding carboxylic acids is 2. The van der Waals surface area contributed by atoms with Crippen molar-refractivity contribution in [3.63, 3.8) is 0 Å². The van der Waals surface area contributed by atoms with E-state index in [0.29, 0.717) is 6.42 Å². The van der Waals surface area contributed by atoms with Crippen molar-refractivity contribution in [1.82, 2.24) is 10.6 Å². The third-order valence-electron chi connectivity index (χ3n) is 6.62. The summed E-state index contributed by atoms with van der Waals surface area (Å²) < 4.78 is 5.55. The average molecular weight is 463 g/mol. The Kier molecular flexibility index (Phi) is 7.01. The SMILES string of the molecule is CC1(NC(=O)C(CCC(=O)O)NC(=O)OCC2c3ccccc3-c3ccccc32)CC=CCC1. The molecular formula is C27H30N2O5. The summed E-state index contributed by atoms with van der Waals surface area (Å²) in [6.07, 6.45) is 5.44. The predicted molar refractivity (Wildman–Crippen MR) is 128 cm³/mol. The number of allylic oxidation sites excluding steroid dienone is 1. The van der Waals surface area contributed by atoms with Gasteiger partial charge in [-0.15, -0.1) is 0 Å². The van der Waals surface area contributed by atoms with E-state index in [1.807, 2.05) is 49.4 Å². The van der Waals surface area contributed by atoms with Crippen LogP contribution in [0.3, 0.4) is 0 Å². The Hall–Kier alpha value is -3.61. The number of alkyl carbamates (subject to hydrolysis) is 1. The average Bonchev–Trinajstić information content (AvgIpc) is 3.14. The summed E-state index contributed by atoms with van der Waals surface area (Å²) in [6.45, 7) is 2.08. The molecule has 0 saturated carbocycles. The molecule has 0 aromatic heterocycles. The molecule has 2 aliphatic carbocycles. The van der Waals surface area contributed by atoms with Crippen molar-refractivity contribution in [3.8, 4) is 11.1 Å². The zero-order chi connectivity index (χ0) is 24.1. The topological polar surface area (TPSA) is 105 Å². The summed E-state index contributed by atoms with van der Waals surface area (Å²) in [4.78, 5) is 36.8. The number of aliphatic carboxylic acids is 1. The Morgan fingerprint density at radius 3 is 2.29 bits per heavy atom. The molecule has 178 valence electrons. The van der Waals surface area contributed by atoms with Crippen molar-refractivity contribution in [2.24, 2.45) is 0 Å². The first-order valence-electron chi connectivity index (χ1n) is 11.7. The molecule has 4 rings (SSSR count). The molecule has 2 aromatic rings. The van der Waals surface area contributed by atoms with Gasteiger partial charge in [-0.2, -0.15) is 0 Å². The van der Waals surface area contributed by atoms with Crippen molar-refractivity contribution in [2.45, 2.75) is 56.5 Å². The van der Waals surface area contributed by atoms with Gasteiger partial charge in [0.05, 0.1) is 0 Å². The second-order valence-corrected chi connectivity index (χ2v) is 9.22. The lowest BCUT2D eigenvalue weighted by atomic mass is 9.87. The Bertz CT molecular complexity index is 1070. The largest absolute Gasteiger partial charge is 0.481 e. The van der Waals surface area contributed by atoms with Crippen LogP contribution in [0, 0.1) is 0 Å². The van der Waals surface area contributed by atoms with E-state index < -0.39 is 29.6 Å².